The number of hydrogen-bond donors (Lipinski definition) is 2. The first kappa shape index (κ1) is 13.5. The van der Waals surface area contributed by atoms with E-state index in [0.29, 0.717) is 27.4 Å². The van der Waals surface area contributed by atoms with E-state index in [1.165, 1.54) is 17.6 Å². The predicted molar refractivity (Wildman–Crippen MR) is 75.2 cm³/mol. The van der Waals surface area contributed by atoms with Crippen LogP contribution in [-0.4, -0.2) is 27.7 Å². The van der Waals surface area contributed by atoms with Crippen LogP contribution in [0.25, 0.3) is 21.5 Å². The maximum atomic E-state index is 12.2. The molecule has 0 bridgehead atoms. The van der Waals surface area contributed by atoms with Gasteiger partial charge in [-0.25, -0.2) is 9.78 Å². The minimum atomic E-state index is -1.07. The Balaban J connectivity index is 1.95. The van der Waals surface area contributed by atoms with Gasteiger partial charge in [0.05, 0.1) is 11.6 Å². The standard InChI is InChI=1S/C13H10N2O5S/c16-10(17)5-19-4-9-14-12(18)11-7(6-21-13(11)15-9)8-2-1-3-20-8/h1-3,6H,4-5H2,(H,16,17)(H,14,15,18). The molecule has 3 aromatic heterocycles. The van der Waals surface area contributed by atoms with E-state index in [1.807, 2.05) is 0 Å². The summed E-state index contributed by atoms with van der Waals surface area (Å²) in [5.41, 5.74) is 0.383. The number of carbonyl (C=O) groups is 1. The highest BCUT2D eigenvalue weighted by molar-refractivity contribution is 7.17. The summed E-state index contributed by atoms with van der Waals surface area (Å²) in [6.07, 6.45) is 1.54. The molecule has 108 valence electrons. The Kier molecular flexibility index (Phi) is 3.55. The number of nitrogens with one attached hydrogen (secondary N) is 1. The number of aromatic nitrogens is 2. The summed E-state index contributed by atoms with van der Waals surface area (Å²) in [4.78, 5) is 30.0. The number of hydrogen-bond acceptors (Lipinski definition) is 6. The lowest BCUT2D eigenvalue weighted by Gasteiger charge is -2.01. The number of furan rings is 1. The molecule has 8 heteroatoms. The van der Waals surface area contributed by atoms with Crippen molar-refractivity contribution in [2.24, 2.45) is 0 Å². The molecule has 0 saturated heterocycles. The van der Waals surface area contributed by atoms with Gasteiger partial charge in [-0.1, -0.05) is 0 Å². The summed E-state index contributed by atoms with van der Waals surface area (Å²) in [7, 11) is 0. The van der Waals surface area contributed by atoms with E-state index >= 15 is 0 Å². The molecule has 0 spiro atoms. The van der Waals surface area contributed by atoms with E-state index in [9.17, 15) is 9.59 Å². The van der Waals surface area contributed by atoms with Gasteiger partial charge in [0.2, 0.25) is 0 Å². The number of ether oxygens (including phenoxy) is 1. The van der Waals surface area contributed by atoms with Crippen molar-refractivity contribution < 1.29 is 19.1 Å². The van der Waals surface area contributed by atoms with Gasteiger partial charge in [0.15, 0.2) is 0 Å². The zero-order valence-corrected chi connectivity index (χ0v) is 11.5. The second-order valence-electron chi connectivity index (χ2n) is 4.21. The van der Waals surface area contributed by atoms with Crippen molar-refractivity contribution in [3.63, 3.8) is 0 Å². The number of carboxylic acids is 1. The number of H-pyrrole nitrogens is 1. The van der Waals surface area contributed by atoms with Crippen molar-refractivity contribution in [2.75, 3.05) is 6.61 Å². The first-order valence-corrected chi connectivity index (χ1v) is 6.87. The van der Waals surface area contributed by atoms with Crippen molar-refractivity contribution in [3.8, 4) is 11.3 Å². The molecule has 0 unspecified atom stereocenters. The van der Waals surface area contributed by atoms with Gasteiger partial charge in [-0.05, 0) is 12.1 Å². The fourth-order valence-corrected chi connectivity index (χ4v) is 2.86. The molecule has 0 radical (unpaired) electrons. The Labute approximate surface area is 121 Å². The van der Waals surface area contributed by atoms with Crippen LogP contribution in [0.15, 0.2) is 33.0 Å². The van der Waals surface area contributed by atoms with Gasteiger partial charge < -0.3 is 19.2 Å². The summed E-state index contributed by atoms with van der Waals surface area (Å²) in [6, 6.07) is 3.51. The average Bonchev–Trinajstić information content (AvgIpc) is 3.06. The first-order chi connectivity index (χ1) is 10.1. The highest BCUT2D eigenvalue weighted by atomic mass is 32.1. The van der Waals surface area contributed by atoms with Crippen LogP contribution in [0.1, 0.15) is 5.82 Å². The lowest BCUT2D eigenvalue weighted by molar-refractivity contribution is -0.142. The molecule has 0 atom stereocenters. The van der Waals surface area contributed by atoms with Gasteiger partial charge in [-0.15, -0.1) is 11.3 Å². The third kappa shape index (κ3) is 2.71. The smallest absolute Gasteiger partial charge is 0.329 e. The lowest BCUT2D eigenvalue weighted by Crippen LogP contribution is -2.14. The normalized spacial score (nSPS) is 11.0. The third-order valence-electron chi connectivity index (χ3n) is 2.74. The first-order valence-electron chi connectivity index (χ1n) is 5.99. The molecular formula is C13H10N2O5S. The molecule has 0 aliphatic heterocycles. The maximum absolute atomic E-state index is 12.2. The van der Waals surface area contributed by atoms with Crippen molar-refractivity contribution in [3.05, 3.63) is 40.0 Å². The van der Waals surface area contributed by atoms with Crippen molar-refractivity contribution in [1.29, 1.82) is 0 Å². The molecule has 0 aromatic carbocycles. The molecule has 0 amide bonds. The SMILES string of the molecule is O=C(O)COCc1nc2scc(-c3ccco3)c2c(=O)[nH]1. The zero-order valence-electron chi connectivity index (χ0n) is 10.7. The number of carboxylic acid groups (broad SMARTS) is 1. The molecule has 0 aliphatic carbocycles. The number of nitrogens with zero attached hydrogens (tertiary/aromatic N) is 1. The van der Waals surface area contributed by atoms with E-state index in [-0.39, 0.29) is 12.2 Å². The summed E-state index contributed by atoms with van der Waals surface area (Å²) in [5, 5.41) is 10.8. The van der Waals surface area contributed by atoms with E-state index in [2.05, 4.69) is 9.97 Å². The van der Waals surface area contributed by atoms with Gasteiger partial charge in [0, 0.05) is 10.9 Å². The molecule has 3 heterocycles. The summed E-state index contributed by atoms with van der Waals surface area (Å²) < 4.78 is 10.2. The second-order valence-corrected chi connectivity index (χ2v) is 5.06. The summed E-state index contributed by atoms with van der Waals surface area (Å²) >= 11 is 1.32. The molecule has 0 fully saturated rings. The Morgan fingerprint density at radius 1 is 1.52 bits per heavy atom. The Morgan fingerprint density at radius 3 is 3.10 bits per heavy atom. The largest absolute Gasteiger partial charge is 0.480 e. The number of aromatic amines is 1. The quantitative estimate of drug-likeness (QED) is 0.745. The number of fused-ring (bicyclic) bond motifs is 1. The fourth-order valence-electron chi connectivity index (χ4n) is 1.91. The summed E-state index contributed by atoms with van der Waals surface area (Å²) in [6.45, 7) is -0.505. The highest BCUT2D eigenvalue weighted by Gasteiger charge is 2.14. The van der Waals surface area contributed by atoms with Crippen LogP contribution in [0.5, 0.6) is 0 Å². The van der Waals surface area contributed by atoms with E-state index < -0.39 is 12.6 Å². The van der Waals surface area contributed by atoms with Crippen molar-refractivity contribution in [1.82, 2.24) is 9.97 Å². The Bertz CT molecular complexity index is 834. The molecule has 0 saturated carbocycles. The van der Waals surface area contributed by atoms with Gasteiger partial charge in [-0.2, -0.15) is 0 Å². The fraction of sp³-hybridized carbons (Fsp3) is 0.154. The number of thiophene rings is 1. The molecule has 0 aliphatic rings. The van der Waals surface area contributed by atoms with Gasteiger partial charge in [-0.3, -0.25) is 4.79 Å². The Hall–Kier alpha value is -2.45. The van der Waals surface area contributed by atoms with E-state index in [4.69, 9.17) is 14.3 Å². The summed E-state index contributed by atoms with van der Waals surface area (Å²) in [5.74, 6) is -0.181. The van der Waals surface area contributed by atoms with Crippen molar-refractivity contribution in [2.45, 2.75) is 6.61 Å². The van der Waals surface area contributed by atoms with Crippen LogP contribution in [0.4, 0.5) is 0 Å². The van der Waals surface area contributed by atoms with Gasteiger partial charge in [0.25, 0.3) is 5.56 Å². The number of rotatable bonds is 5. The molecule has 3 aromatic rings. The second kappa shape index (κ2) is 5.51. The third-order valence-corrected chi connectivity index (χ3v) is 3.62. The monoisotopic (exact) mass is 306 g/mol. The lowest BCUT2D eigenvalue weighted by atomic mass is 10.2. The molecule has 21 heavy (non-hydrogen) atoms. The molecular weight excluding hydrogens is 296 g/mol. The maximum Gasteiger partial charge on any atom is 0.329 e. The van der Waals surface area contributed by atoms with Gasteiger partial charge in [0.1, 0.15) is 29.6 Å². The predicted octanol–water partition coefficient (Wildman–Crippen LogP) is 1.85. The van der Waals surface area contributed by atoms with Crippen LogP contribution in [0.3, 0.4) is 0 Å². The Morgan fingerprint density at radius 2 is 2.38 bits per heavy atom. The minimum Gasteiger partial charge on any atom is -0.480 e. The van der Waals surface area contributed by atoms with Crippen LogP contribution < -0.4 is 5.56 Å². The average molecular weight is 306 g/mol. The molecule has 7 nitrogen and oxygen atoms in total. The van der Waals surface area contributed by atoms with Crippen LogP contribution >= 0.6 is 11.3 Å². The van der Waals surface area contributed by atoms with Gasteiger partial charge >= 0.3 is 5.97 Å². The zero-order chi connectivity index (χ0) is 14.8. The van der Waals surface area contributed by atoms with Crippen LogP contribution in [-0.2, 0) is 16.1 Å². The van der Waals surface area contributed by atoms with E-state index in [1.54, 1.807) is 17.5 Å². The molecule has 2 N–H and O–H groups in total. The van der Waals surface area contributed by atoms with E-state index in [0.717, 1.165) is 0 Å². The van der Waals surface area contributed by atoms with Crippen molar-refractivity contribution >= 4 is 27.5 Å². The number of aliphatic carboxylic acids is 1. The topological polar surface area (TPSA) is 105 Å². The highest BCUT2D eigenvalue weighted by Crippen LogP contribution is 2.30. The van der Waals surface area contributed by atoms with Crippen LogP contribution in [0.2, 0.25) is 0 Å². The van der Waals surface area contributed by atoms with Crippen LogP contribution in [0, 0.1) is 0 Å². The molecule has 3 rings (SSSR count). The minimum absolute atomic E-state index is 0.0640.